The Bertz CT molecular complexity index is 1010. The van der Waals surface area contributed by atoms with Crippen LogP contribution in [0.5, 0.6) is 5.75 Å². The SMILES string of the molecule is O=C(Nc1ccc(OC(F)(F)Cl)cc1)c1cnc(Cl)c(-c2cccnc2F)c1. The predicted molar refractivity (Wildman–Crippen MR) is 98.3 cm³/mol. The highest BCUT2D eigenvalue weighted by atomic mass is 35.5. The molecule has 1 amide bonds. The van der Waals surface area contributed by atoms with Gasteiger partial charge < -0.3 is 10.1 Å². The summed E-state index contributed by atoms with van der Waals surface area (Å²) in [7, 11) is 0. The molecule has 0 fully saturated rings. The molecule has 0 bridgehead atoms. The van der Waals surface area contributed by atoms with Crippen LogP contribution in [0.25, 0.3) is 11.1 Å². The quantitative estimate of drug-likeness (QED) is 0.439. The number of nitrogens with one attached hydrogen (secondary N) is 1. The van der Waals surface area contributed by atoms with Gasteiger partial charge in [-0.15, -0.1) is 8.78 Å². The summed E-state index contributed by atoms with van der Waals surface area (Å²) >= 11 is 10.7. The number of amides is 1. The standard InChI is InChI=1S/C18H10Cl2F3N3O2/c19-15-14(13-2-1-7-24-16(13)21)8-10(9-25-15)17(27)26-11-3-5-12(6-4-11)28-18(20,22)23/h1-9H,(H,26,27). The number of halogens is 5. The minimum absolute atomic E-state index is 0.00644. The number of ether oxygens (including phenoxy) is 1. The normalized spacial score (nSPS) is 11.2. The van der Waals surface area contributed by atoms with Crippen LogP contribution in [-0.2, 0) is 0 Å². The van der Waals surface area contributed by atoms with Gasteiger partial charge in [0, 0.05) is 40.8 Å². The fraction of sp³-hybridized carbons (Fsp3) is 0.0556. The molecule has 0 radical (unpaired) electrons. The molecule has 28 heavy (non-hydrogen) atoms. The van der Waals surface area contributed by atoms with Crippen LogP contribution < -0.4 is 10.1 Å². The Balaban J connectivity index is 1.80. The van der Waals surface area contributed by atoms with E-state index in [0.29, 0.717) is 5.69 Å². The van der Waals surface area contributed by atoms with Crippen molar-refractivity contribution in [1.82, 2.24) is 9.97 Å². The number of aromatic nitrogens is 2. The number of nitrogens with zero attached hydrogens (tertiary/aromatic N) is 2. The van der Waals surface area contributed by atoms with Crippen molar-refractivity contribution in [2.45, 2.75) is 5.57 Å². The molecule has 0 saturated carbocycles. The molecule has 0 aliphatic heterocycles. The molecule has 10 heteroatoms. The third-order valence-corrected chi connectivity index (χ3v) is 3.87. The van der Waals surface area contributed by atoms with Crippen LogP contribution in [0.15, 0.2) is 54.9 Å². The second-order valence-corrected chi connectivity index (χ2v) is 6.23. The van der Waals surface area contributed by atoms with Crippen LogP contribution >= 0.6 is 23.2 Å². The number of pyridine rings is 2. The number of benzene rings is 1. The van der Waals surface area contributed by atoms with E-state index in [0.717, 1.165) is 0 Å². The van der Waals surface area contributed by atoms with Gasteiger partial charge in [-0.05, 0) is 42.5 Å². The molecule has 0 aliphatic carbocycles. The lowest BCUT2D eigenvalue weighted by Crippen LogP contribution is -2.16. The van der Waals surface area contributed by atoms with E-state index >= 15 is 0 Å². The number of rotatable bonds is 5. The first-order valence-corrected chi connectivity index (χ1v) is 8.42. The zero-order chi connectivity index (χ0) is 20.3. The van der Waals surface area contributed by atoms with Crippen LogP contribution in [0, 0.1) is 5.95 Å². The van der Waals surface area contributed by atoms with Gasteiger partial charge in [0.25, 0.3) is 5.91 Å². The molecule has 1 aromatic carbocycles. The van der Waals surface area contributed by atoms with E-state index in [4.69, 9.17) is 11.6 Å². The van der Waals surface area contributed by atoms with Crippen molar-refractivity contribution in [3.63, 3.8) is 0 Å². The van der Waals surface area contributed by atoms with E-state index in [-0.39, 0.29) is 27.6 Å². The zero-order valence-electron chi connectivity index (χ0n) is 13.8. The van der Waals surface area contributed by atoms with Crippen molar-refractivity contribution in [3.8, 4) is 16.9 Å². The highest BCUT2D eigenvalue weighted by Crippen LogP contribution is 2.29. The third kappa shape index (κ3) is 4.90. The molecule has 0 aliphatic rings. The van der Waals surface area contributed by atoms with Crippen LogP contribution in [0.3, 0.4) is 0 Å². The van der Waals surface area contributed by atoms with E-state index in [2.05, 4.69) is 31.6 Å². The first-order chi connectivity index (χ1) is 13.2. The highest BCUT2D eigenvalue weighted by Gasteiger charge is 2.27. The van der Waals surface area contributed by atoms with Crippen LogP contribution in [0.4, 0.5) is 18.9 Å². The summed E-state index contributed by atoms with van der Waals surface area (Å²) in [6.07, 6.45) is 2.51. The van der Waals surface area contributed by atoms with Gasteiger partial charge >= 0.3 is 5.57 Å². The van der Waals surface area contributed by atoms with Gasteiger partial charge in [0.2, 0.25) is 5.95 Å². The molecule has 3 rings (SSSR count). The van der Waals surface area contributed by atoms with Gasteiger partial charge in [-0.1, -0.05) is 11.6 Å². The first-order valence-electron chi connectivity index (χ1n) is 7.66. The van der Waals surface area contributed by atoms with Crippen LogP contribution in [0.2, 0.25) is 5.15 Å². The predicted octanol–water partition coefficient (Wildman–Crippen LogP) is 5.36. The second-order valence-electron chi connectivity index (χ2n) is 5.43. The second kappa shape index (κ2) is 8.04. The molecule has 1 N–H and O–H groups in total. The van der Waals surface area contributed by atoms with Gasteiger partial charge in [0.15, 0.2) is 0 Å². The summed E-state index contributed by atoms with van der Waals surface area (Å²) in [5.41, 5.74) is -3.13. The lowest BCUT2D eigenvalue weighted by Gasteiger charge is -2.11. The highest BCUT2D eigenvalue weighted by molar-refractivity contribution is 6.32. The first kappa shape index (κ1) is 19.9. The van der Waals surface area contributed by atoms with E-state index in [1.807, 2.05) is 0 Å². The topological polar surface area (TPSA) is 64.1 Å². The van der Waals surface area contributed by atoms with Gasteiger partial charge in [-0.3, -0.25) is 4.79 Å². The summed E-state index contributed by atoms with van der Waals surface area (Å²) < 4.78 is 43.3. The largest absolute Gasteiger partial charge is 0.487 e. The molecular weight excluding hydrogens is 418 g/mol. The van der Waals surface area contributed by atoms with Crippen molar-refractivity contribution < 1.29 is 22.7 Å². The Kier molecular flexibility index (Phi) is 5.71. The Morgan fingerprint density at radius 3 is 2.46 bits per heavy atom. The average molecular weight is 428 g/mol. The minimum atomic E-state index is -3.84. The fourth-order valence-electron chi connectivity index (χ4n) is 2.29. The molecule has 0 atom stereocenters. The van der Waals surface area contributed by atoms with Crippen molar-refractivity contribution in [2.75, 3.05) is 5.32 Å². The smallest absolute Gasteiger partial charge is 0.420 e. The number of carbonyl (C=O) groups excluding carboxylic acids is 1. The van der Waals surface area contributed by atoms with E-state index < -0.39 is 17.4 Å². The summed E-state index contributed by atoms with van der Waals surface area (Å²) in [5, 5.41) is 2.56. The Labute approximate surface area is 167 Å². The molecule has 2 heterocycles. The number of alkyl halides is 3. The maximum atomic E-state index is 13.9. The van der Waals surface area contributed by atoms with Crippen LogP contribution in [-0.4, -0.2) is 21.4 Å². The number of anilines is 1. The van der Waals surface area contributed by atoms with Gasteiger partial charge in [-0.2, -0.15) is 4.39 Å². The van der Waals surface area contributed by atoms with E-state index in [1.165, 1.54) is 54.9 Å². The molecule has 0 saturated heterocycles. The minimum Gasteiger partial charge on any atom is -0.420 e. The number of hydrogen-bond donors (Lipinski definition) is 1. The average Bonchev–Trinajstić information content (AvgIpc) is 2.63. The molecule has 0 spiro atoms. The number of carbonyl (C=O) groups is 1. The molecule has 144 valence electrons. The Morgan fingerprint density at radius 1 is 1.11 bits per heavy atom. The van der Waals surface area contributed by atoms with Crippen molar-refractivity contribution >= 4 is 34.8 Å². The fourth-order valence-corrected chi connectivity index (χ4v) is 2.59. The monoisotopic (exact) mass is 427 g/mol. The van der Waals surface area contributed by atoms with Crippen molar-refractivity contribution in [1.29, 1.82) is 0 Å². The maximum absolute atomic E-state index is 13.9. The molecule has 0 unspecified atom stereocenters. The molecule has 2 aromatic heterocycles. The third-order valence-electron chi connectivity index (χ3n) is 3.50. The Morgan fingerprint density at radius 2 is 1.82 bits per heavy atom. The molecular formula is C18H10Cl2F3N3O2. The van der Waals surface area contributed by atoms with Gasteiger partial charge in [-0.25, -0.2) is 9.97 Å². The lowest BCUT2D eigenvalue weighted by atomic mass is 10.1. The van der Waals surface area contributed by atoms with Crippen molar-refractivity contribution in [2.24, 2.45) is 0 Å². The summed E-state index contributed by atoms with van der Waals surface area (Å²) in [4.78, 5) is 19.9. The number of hydrogen-bond acceptors (Lipinski definition) is 4. The summed E-state index contributed by atoms with van der Waals surface area (Å²) in [6.45, 7) is 0. The van der Waals surface area contributed by atoms with Crippen molar-refractivity contribution in [3.05, 3.63) is 71.5 Å². The van der Waals surface area contributed by atoms with E-state index in [9.17, 15) is 18.0 Å². The zero-order valence-corrected chi connectivity index (χ0v) is 15.3. The van der Waals surface area contributed by atoms with Gasteiger partial charge in [0.05, 0.1) is 5.56 Å². The molecule has 3 aromatic rings. The van der Waals surface area contributed by atoms with E-state index in [1.54, 1.807) is 0 Å². The lowest BCUT2D eigenvalue weighted by molar-refractivity contribution is -0.0964. The van der Waals surface area contributed by atoms with Gasteiger partial charge in [0.1, 0.15) is 10.9 Å². The summed E-state index contributed by atoms with van der Waals surface area (Å²) in [5.74, 6) is -1.50. The maximum Gasteiger partial charge on any atom is 0.487 e. The van der Waals surface area contributed by atoms with Crippen LogP contribution in [0.1, 0.15) is 10.4 Å². The molecule has 5 nitrogen and oxygen atoms in total. The Hall–Kier alpha value is -2.84. The summed E-state index contributed by atoms with van der Waals surface area (Å²) in [6, 6.07) is 9.47.